The zero-order valence-corrected chi connectivity index (χ0v) is 11.8. The van der Waals surface area contributed by atoms with Crippen molar-refractivity contribution < 1.29 is 9.53 Å². The molecule has 1 aromatic carbocycles. The summed E-state index contributed by atoms with van der Waals surface area (Å²) in [6, 6.07) is 8.00. The summed E-state index contributed by atoms with van der Waals surface area (Å²) in [5, 5.41) is 6.09. The molecule has 0 aromatic heterocycles. The summed E-state index contributed by atoms with van der Waals surface area (Å²) in [4.78, 5) is 11.6. The Labute approximate surface area is 114 Å². The Morgan fingerprint density at radius 2 is 2.00 bits per heavy atom. The number of rotatable bonds is 2. The summed E-state index contributed by atoms with van der Waals surface area (Å²) in [6.07, 6.45) is 0.765. The van der Waals surface area contributed by atoms with Crippen LogP contribution in [0.4, 0.5) is 10.5 Å². The summed E-state index contributed by atoms with van der Waals surface area (Å²) in [6.45, 7) is 7.68. The zero-order chi connectivity index (χ0) is 13.9. The molecule has 4 heteroatoms. The van der Waals surface area contributed by atoms with Crippen molar-refractivity contribution in [2.75, 3.05) is 18.4 Å². The summed E-state index contributed by atoms with van der Waals surface area (Å²) in [5.74, 6) is 0.593. The third kappa shape index (κ3) is 4.24. The van der Waals surface area contributed by atoms with Crippen LogP contribution in [0.15, 0.2) is 24.3 Å². The lowest BCUT2D eigenvalue weighted by molar-refractivity contribution is 0.0636. The number of hydrogen-bond acceptors (Lipinski definition) is 3. The number of nitrogens with one attached hydrogen (secondary N) is 2. The van der Waals surface area contributed by atoms with Gasteiger partial charge in [-0.25, -0.2) is 4.79 Å². The number of ether oxygens (including phenoxy) is 1. The molecule has 19 heavy (non-hydrogen) atoms. The smallest absolute Gasteiger partial charge is 0.412 e. The Morgan fingerprint density at radius 3 is 2.53 bits per heavy atom. The quantitative estimate of drug-likeness (QED) is 0.861. The molecular formula is C15H22N2O2. The molecule has 1 amide bonds. The fraction of sp³-hybridized carbons (Fsp3) is 0.533. The van der Waals surface area contributed by atoms with E-state index < -0.39 is 11.7 Å². The average molecular weight is 262 g/mol. The van der Waals surface area contributed by atoms with E-state index in [4.69, 9.17) is 4.74 Å². The molecule has 1 aliphatic rings. The van der Waals surface area contributed by atoms with E-state index in [0.717, 1.165) is 18.8 Å². The maximum absolute atomic E-state index is 11.6. The van der Waals surface area contributed by atoms with Crippen molar-refractivity contribution in [1.29, 1.82) is 0 Å². The topological polar surface area (TPSA) is 50.4 Å². The monoisotopic (exact) mass is 262 g/mol. The molecule has 1 aliphatic heterocycles. The van der Waals surface area contributed by atoms with E-state index in [2.05, 4.69) is 22.8 Å². The predicted octanol–water partition coefficient (Wildman–Crippen LogP) is 3.11. The molecule has 1 saturated heterocycles. The summed E-state index contributed by atoms with van der Waals surface area (Å²) in [5.41, 5.74) is 1.61. The standard InChI is InChI=1S/C15H22N2O2/c1-15(2,3)19-14(18)17-13-6-4-11(5-7-13)12-8-9-16-10-12/h4-7,12,16H,8-10H2,1-3H3,(H,17,18). The van der Waals surface area contributed by atoms with Crippen LogP contribution in [0.5, 0.6) is 0 Å². The van der Waals surface area contributed by atoms with Crippen LogP contribution in [0.25, 0.3) is 0 Å². The van der Waals surface area contributed by atoms with E-state index in [9.17, 15) is 4.79 Å². The van der Waals surface area contributed by atoms with Gasteiger partial charge in [-0.2, -0.15) is 0 Å². The summed E-state index contributed by atoms with van der Waals surface area (Å²) < 4.78 is 5.21. The van der Waals surface area contributed by atoms with Gasteiger partial charge in [-0.3, -0.25) is 5.32 Å². The van der Waals surface area contributed by atoms with Gasteiger partial charge in [-0.1, -0.05) is 12.1 Å². The van der Waals surface area contributed by atoms with Gasteiger partial charge in [0.15, 0.2) is 0 Å². The first kappa shape index (κ1) is 13.9. The summed E-state index contributed by atoms with van der Waals surface area (Å²) in [7, 11) is 0. The van der Waals surface area contributed by atoms with Crippen molar-refractivity contribution in [1.82, 2.24) is 5.32 Å². The minimum atomic E-state index is -0.473. The third-order valence-corrected chi connectivity index (χ3v) is 3.09. The van der Waals surface area contributed by atoms with Crippen molar-refractivity contribution in [2.45, 2.75) is 38.7 Å². The van der Waals surface area contributed by atoms with Crippen molar-refractivity contribution in [3.05, 3.63) is 29.8 Å². The first-order valence-electron chi connectivity index (χ1n) is 6.75. The van der Waals surface area contributed by atoms with E-state index >= 15 is 0 Å². The molecule has 1 unspecified atom stereocenters. The van der Waals surface area contributed by atoms with Gasteiger partial charge in [0.2, 0.25) is 0 Å². The molecule has 4 nitrogen and oxygen atoms in total. The molecule has 0 aliphatic carbocycles. The SMILES string of the molecule is CC(C)(C)OC(=O)Nc1ccc(C2CCNC2)cc1. The zero-order valence-electron chi connectivity index (χ0n) is 11.8. The molecule has 0 saturated carbocycles. The van der Waals surface area contributed by atoms with E-state index in [0.29, 0.717) is 5.92 Å². The van der Waals surface area contributed by atoms with Gasteiger partial charge >= 0.3 is 6.09 Å². The lowest BCUT2D eigenvalue weighted by Gasteiger charge is -2.19. The number of benzene rings is 1. The van der Waals surface area contributed by atoms with E-state index in [1.165, 1.54) is 12.0 Å². The summed E-state index contributed by atoms with van der Waals surface area (Å²) >= 11 is 0. The highest BCUT2D eigenvalue weighted by Crippen LogP contribution is 2.23. The van der Waals surface area contributed by atoms with E-state index in [1.807, 2.05) is 32.9 Å². The molecule has 1 atom stereocenters. The van der Waals surface area contributed by atoms with Gasteiger partial charge in [0.1, 0.15) is 5.60 Å². The van der Waals surface area contributed by atoms with Gasteiger partial charge in [0.05, 0.1) is 0 Å². The second-order valence-electron chi connectivity index (χ2n) is 5.94. The third-order valence-electron chi connectivity index (χ3n) is 3.09. The average Bonchev–Trinajstić information content (AvgIpc) is 2.80. The van der Waals surface area contributed by atoms with Crippen LogP contribution < -0.4 is 10.6 Å². The second kappa shape index (κ2) is 5.61. The molecule has 2 rings (SSSR count). The molecule has 1 aromatic rings. The first-order valence-corrected chi connectivity index (χ1v) is 6.75. The Morgan fingerprint density at radius 1 is 1.32 bits per heavy atom. The van der Waals surface area contributed by atoms with Crippen LogP contribution in [0.2, 0.25) is 0 Å². The maximum atomic E-state index is 11.6. The molecule has 1 fully saturated rings. The van der Waals surface area contributed by atoms with E-state index in [-0.39, 0.29) is 0 Å². The maximum Gasteiger partial charge on any atom is 0.412 e. The molecule has 0 bridgehead atoms. The van der Waals surface area contributed by atoms with Crippen LogP contribution >= 0.6 is 0 Å². The van der Waals surface area contributed by atoms with Crippen LogP contribution in [-0.4, -0.2) is 24.8 Å². The number of anilines is 1. The fourth-order valence-corrected chi connectivity index (χ4v) is 2.20. The largest absolute Gasteiger partial charge is 0.444 e. The predicted molar refractivity (Wildman–Crippen MR) is 76.5 cm³/mol. The number of carbonyl (C=O) groups is 1. The van der Waals surface area contributed by atoms with Crippen molar-refractivity contribution in [3.63, 3.8) is 0 Å². The highest BCUT2D eigenvalue weighted by atomic mass is 16.6. The van der Waals surface area contributed by atoms with Gasteiger partial charge in [0, 0.05) is 12.2 Å². The fourth-order valence-electron chi connectivity index (χ4n) is 2.20. The molecule has 0 radical (unpaired) electrons. The number of hydrogen-bond donors (Lipinski definition) is 2. The van der Waals surface area contributed by atoms with Crippen molar-refractivity contribution >= 4 is 11.8 Å². The first-order chi connectivity index (χ1) is 8.94. The van der Waals surface area contributed by atoms with Gasteiger partial charge in [-0.05, 0) is 57.4 Å². The lowest BCUT2D eigenvalue weighted by Crippen LogP contribution is -2.27. The van der Waals surface area contributed by atoms with Crippen LogP contribution in [-0.2, 0) is 4.74 Å². The Hall–Kier alpha value is -1.55. The van der Waals surface area contributed by atoms with Gasteiger partial charge < -0.3 is 10.1 Å². The lowest BCUT2D eigenvalue weighted by atomic mass is 9.98. The molecule has 0 spiro atoms. The molecular weight excluding hydrogens is 240 g/mol. The van der Waals surface area contributed by atoms with E-state index in [1.54, 1.807) is 0 Å². The van der Waals surface area contributed by atoms with Crippen LogP contribution in [0.1, 0.15) is 38.7 Å². The normalized spacial score (nSPS) is 19.2. The Bertz CT molecular complexity index is 428. The second-order valence-corrected chi connectivity index (χ2v) is 5.94. The van der Waals surface area contributed by atoms with Crippen LogP contribution in [0, 0.1) is 0 Å². The minimum Gasteiger partial charge on any atom is -0.444 e. The highest BCUT2D eigenvalue weighted by Gasteiger charge is 2.18. The van der Waals surface area contributed by atoms with Gasteiger partial charge in [-0.15, -0.1) is 0 Å². The molecule has 2 N–H and O–H groups in total. The van der Waals surface area contributed by atoms with Crippen LogP contribution in [0.3, 0.4) is 0 Å². The van der Waals surface area contributed by atoms with Crippen molar-refractivity contribution in [2.24, 2.45) is 0 Å². The minimum absolute atomic E-state index is 0.414. The number of amides is 1. The Kier molecular flexibility index (Phi) is 4.10. The Balaban J connectivity index is 1.93. The highest BCUT2D eigenvalue weighted by molar-refractivity contribution is 5.84. The molecule has 104 valence electrons. The number of carbonyl (C=O) groups excluding carboxylic acids is 1. The van der Waals surface area contributed by atoms with Gasteiger partial charge in [0.25, 0.3) is 0 Å². The molecule has 1 heterocycles. The van der Waals surface area contributed by atoms with Crippen molar-refractivity contribution in [3.8, 4) is 0 Å².